The van der Waals surface area contributed by atoms with Gasteiger partial charge in [0.1, 0.15) is 0 Å². The number of rotatable bonds is 4. The highest BCUT2D eigenvalue weighted by atomic mass is 32.1. The molecule has 26 heavy (non-hydrogen) atoms. The molecule has 4 N–H and O–H groups in total. The molecule has 2 amide bonds. The van der Waals surface area contributed by atoms with Gasteiger partial charge in [-0.05, 0) is 48.6 Å². The topological polar surface area (TPSA) is 65.2 Å². The number of hydrogen-bond acceptors (Lipinski definition) is 2. The Bertz CT molecular complexity index is 810. The third-order valence-corrected chi connectivity index (χ3v) is 3.69. The second-order valence-corrected chi connectivity index (χ2v) is 5.84. The van der Waals surface area contributed by atoms with Crippen LogP contribution in [0.4, 0.5) is 27.5 Å². The van der Waals surface area contributed by atoms with E-state index in [0.29, 0.717) is 16.5 Å². The summed E-state index contributed by atoms with van der Waals surface area (Å²) in [6.07, 6.45) is 0. The van der Waals surface area contributed by atoms with Gasteiger partial charge in [-0.3, -0.25) is 0 Å². The maximum absolute atomic E-state index is 12.2. The summed E-state index contributed by atoms with van der Waals surface area (Å²) in [5.41, 5.74) is 2.93. The number of carbonyl (C=O) groups is 1. The van der Waals surface area contributed by atoms with E-state index in [1.54, 1.807) is 6.07 Å². The van der Waals surface area contributed by atoms with Crippen LogP contribution in [0.3, 0.4) is 0 Å². The van der Waals surface area contributed by atoms with Crippen molar-refractivity contribution in [3.8, 4) is 0 Å². The van der Waals surface area contributed by atoms with Crippen LogP contribution in [0.15, 0.2) is 84.9 Å². The molecule has 0 atom stereocenters. The summed E-state index contributed by atoms with van der Waals surface area (Å²) in [6, 6.07) is 25.9. The minimum atomic E-state index is -0.326. The fraction of sp³-hybridized carbons (Fsp3) is 0. The molecule has 0 fully saturated rings. The monoisotopic (exact) mass is 362 g/mol. The van der Waals surface area contributed by atoms with Crippen molar-refractivity contribution in [3.63, 3.8) is 0 Å². The Morgan fingerprint density at radius 3 is 1.62 bits per heavy atom. The van der Waals surface area contributed by atoms with Crippen LogP contribution in [0.1, 0.15) is 0 Å². The number of carbonyl (C=O) groups excluding carboxylic acids is 1. The Morgan fingerprint density at radius 2 is 1.04 bits per heavy atom. The summed E-state index contributed by atoms with van der Waals surface area (Å²) in [6.45, 7) is 0. The minimum Gasteiger partial charge on any atom is -0.332 e. The zero-order valence-corrected chi connectivity index (χ0v) is 14.7. The predicted molar refractivity (Wildman–Crippen MR) is 112 cm³/mol. The van der Waals surface area contributed by atoms with E-state index in [1.165, 1.54) is 0 Å². The van der Waals surface area contributed by atoms with E-state index in [1.807, 2.05) is 78.9 Å². The first-order chi connectivity index (χ1) is 12.7. The smallest absolute Gasteiger partial charge is 0.323 e. The molecule has 3 rings (SSSR count). The van der Waals surface area contributed by atoms with Crippen LogP contribution in [0.2, 0.25) is 0 Å². The van der Waals surface area contributed by atoms with E-state index in [9.17, 15) is 4.79 Å². The molecule has 3 aromatic carbocycles. The summed E-state index contributed by atoms with van der Waals surface area (Å²) >= 11 is 5.35. The number of urea groups is 1. The van der Waals surface area contributed by atoms with Gasteiger partial charge in [-0.25, -0.2) is 4.79 Å². The molecule has 0 saturated heterocycles. The van der Waals surface area contributed by atoms with E-state index in [-0.39, 0.29) is 6.03 Å². The maximum Gasteiger partial charge on any atom is 0.323 e. The average molecular weight is 362 g/mol. The molecule has 0 aromatic heterocycles. The van der Waals surface area contributed by atoms with E-state index < -0.39 is 0 Å². The van der Waals surface area contributed by atoms with Crippen molar-refractivity contribution in [3.05, 3.63) is 84.9 Å². The van der Waals surface area contributed by atoms with Gasteiger partial charge in [-0.15, -0.1) is 0 Å². The number of benzene rings is 3. The molecule has 0 unspecified atom stereocenters. The summed E-state index contributed by atoms with van der Waals surface area (Å²) in [4.78, 5) is 12.2. The lowest BCUT2D eigenvalue weighted by Gasteiger charge is -2.15. The van der Waals surface area contributed by atoms with Crippen molar-refractivity contribution in [2.75, 3.05) is 21.3 Å². The van der Waals surface area contributed by atoms with Crippen LogP contribution < -0.4 is 21.3 Å². The van der Waals surface area contributed by atoms with Gasteiger partial charge in [0, 0.05) is 11.4 Å². The first-order valence-corrected chi connectivity index (χ1v) is 8.47. The van der Waals surface area contributed by atoms with Crippen LogP contribution in [0.25, 0.3) is 0 Å². The van der Waals surface area contributed by atoms with Crippen LogP contribution in [0, 0.1) is 0 Å². The molecule has 6 heteroatoms. The van der Waals surface area contributed by atoms with E-state index in [2.05, 4.69) is 21.3 Å². The third-order valence-electron chi connectivity index (χ3n) is 3.49. The van der Waals surface area contributed by atoms with Gasteiger partial charge in [0.25, 0.3) is 0 Å². The molecule has 0 spiro atoms. The van der Waals surface area contributed by atoms with Gasteiger partial charge in [0.15, 0.2) is 5.11 Å². The van der Waals surface area contributed by atoms with Gasteiger partial charge < -0.3 is 21.3 Å². The maximum atomic E-state index is 12.2. The number of amides is 2. The lowest BCUT2D eigenvalue weighted by molar-refractivity contribution is 0.262. The van der Waals surface area contributed by atoms with Crippen molar-refractivity contribution < 1.29 is 4.79 Å². The molecule has 0 aliphatic heterocycles. The van der Waals surface area contributed by atoms with Crippen LogP contribution in [-0.4, -0.2) is 11.1 Å². The number of anilines is 4. The highest BCUT2D eigenvalue weighted by Gasteiger charge is 2.08. The average Bonchev–Trinajstić information content (AvgIpc) is 2.65. The summed E-state index contributed by atoms with van der Waals surface area (Å²) in [7, 11) is 0. The molecule has 130 valence electrons. The molecule has 5 nitrogen and oxygen atoms in total. The summed E-state index contributed by atoms with van der Waals surface area (Å²) < 4.78 is 0. The first kappa shape index (κ1) is 17.4. The normalized spacial score (nSPS) is 9.85. The zero-order valence-electron chi connectivity index (χ0n) is 13.9. The Morgan fingerprint density at radius 1 is 0.577 bits per heavy atom. The second kappa shape index (κ2) is 8.64. The van der Waals surface area contributed by atoms with Gasteiger partial charge in [0.2, 0.25) is 0 Å². The number of hydrogen-bond donors (Lipinski definition) is 4. The highest BCUT2D eigenvalue weighted by molar-refractivity contribution is 7.80. The highest BCUT2D eigenvalue weighted by Crippen LogP contribution is 2.21. The fourth-order valence-corrected chi connectivity index (χ4v) is 2.54. The van der Waals surface area contributed by atoms with Gasteiger partial charge >= 0.3 is 6.03 Å². The molecule has 3 aromatic rings. The van der Waals surface area contributed by atoms with Crippen LogP contribution in [0.5, 0.6) is 0 Å². The molecular weight excluding hydrogens is 344 g/mol. The number of para-hydroxylation sites is 4. The molecule has 0 aliphatic rings. The first-order valence-electron chi connectivity index (χ1n) is 8.06. The van der Waals surface area contributed by atoms with E-state index >= 15 is 0 Å². The summed E-state index contributed by atoms with van der Waals surface area (Å²) in [5, 5.41) is 12.3. The van der Waals surface area contributed by atoms with Crippen molar-refractivity contribution in [1.82, 2.24) is 0 Å². The van der Waals surface area contributed by atoms with Crippen molar-refractivity contribution >= 4 is 46.1 Å². The largest absolute Gasteiger partial charge is 0.332 e. The van der Waals surface area contributed by atoms with Gasteiger partial charge in [0.05, 0.1) is 11.4 Å². The van der Waals surface area contributed by atoms with Crippen molar-refractivity contribution in [2.24, 2.45) is 0 Å². The molecule has 0 heterocycles. The third kappa shape index (κ3) is 5.06. The van der Waals surface area contributed by atoms with Crippen LogP contribution >= 0.6 is 12.2 Å². The number of nitrogens with one attached hydrogen (secondary N) is 4. The fourth-order valence-electron chi connectivity index (χ4n) is 2.31. The lowest BCUT2D eigenvalue weighted by atomic mass is 10.2. The Balaban J connectivity index is 1.64. The van der Waals surface area contributed by atoms with Crippen molar-refractivity contribution in [2.45, 2.75) is 0 Å². The summed E-state index contributed by atoms with van der Waals surface area (Å²) in [5.74, 6) is 0. The van der Waals surface area contributed by atoms with Gasteiger partial charge in [-0.2, -0.15) is 0 Å². The van der Waals surface area contributed by atoms with Gasteiger partial charge in [-0.1, -0.05) is 48.5 Å². The second-order valence-electron chi connectivity index (χ2n) is 5.44. The Labute approximate surface area is 157 Å². The molecular formula is C20H18N4OS. The molecule has 0 bridgehead atoms. The minimum absolute atomic E-state index is 0.326. The standard InChI is InChI=1S/C20H18N4OS/c25-19(21-15-9-3-1-4-10-15)23-17-13-7-8-14-18(17)24-20(26)22-16-11-5-2-6-12-16/h1-14H,(H2,21,23,25)(H2,22,24,26). The zero-order chi connectivity index (χ0) is 18.2. The van der Waals surface area contributed by atoms with E-state index in [0.717, 1.165) is 11.4 Å². The quantitative estimate of drug-likeness (QED) is 0.485. The van der Waals surface area contributed by atoms with Crippen LogP contribution in [-0.2, 0) is 0 Å². The Kier molecular flexibility index (Phi) is 5.80. The Hall–Kier alpha value is -3.38. The van der Waals surface area contributed by atoms with Crippen molar-refractivity contribution in [1.29, 1.82) is 0 Å². The predicted octanol–water partition coefficient (Wildman–Crippen LogP) is 5.14. The molecule has 0 radical (unpaired) electrons. The number of thiocarbonyl (C=S) groups is 1. The molecule has 0 aliphatic carbocycles. The van der Waals surface area contributed by atoms with E-state index in [4.69, 9.17) is 12.2 Å². The SMILES string of the molecule is O=C(Nc1ccccc1)Nc1ccccc1NC(=S)Nc1ccccc1. The lowest BCUT2D eigenvalue weighted by Crippen LogP contribution is -2.23. The molecule has 0 saturated carbocycles.